The minimum absolute atomic E-state index is 0.350. The predicted molar refractivity (Wildman–Crippen MR) is 139 cm³/mol. The van der Waals surface area contributed by atoms with Crippen LogP contribution in [0.5, 0.6) is 0 Å². The average Bonchev–Trinajstić information content (AvgIpc) is 3.57. The third kappa shape index (κ3) is 4.81. The van der Waals surface area contributed by atoms with Gasteiger partial charge in [0.2, 0.25) is 0 Å². The molecule has 0 spiro atoms. The van der Waals surface area contributed by atoms with Gasteiger partial charge in [0.1, 0.15) is 0 Å². The summed E-state index contributed by atoms with van der Waals surface area (Å²) in [4.78, 5) is 20.8. The first-order chi connectivity index (χ1) is 17.0. The van der Waals surface area contributed by atoms with Crippen LogP contribution in [-0.2, 0) is 24.2 Å². The lowest BCUT2D eigenvalue weighted by Crippen LogP contribution is -2.29. The summed E-state index contributed by atoms with van der Waals surface area (Å²) in [5.74, 6) is -0.524. The monoisotopic (exact) mass is 468 g/mol. The Hall–Kier alpha value is -3.61. The second kappa shape index (κ2) is 9.94. The van der Waals surface area contributed by atoms with Gasteiger partial charge < -0.3 is 9.97 Å². The largest absolute Gasteiger partial charge is 0.365 e. The Morgan fingerprint density at radius 2 is 2.03 bits per heavy atom. The summed E-state index contributed by atoms with van der Waals surface area (Å²) < 4.78 is 0. The van der Waals surface area contributed by atoms with E-state index in [1.165, 1.54) is 50.5 Å². The number of carbonyl (C=O) groups excluding carboxylic acids is 1. The highest BCUT2D eigenvalue weighted by atomic mass is 16.5. The summed E-state index contributed by atoms with van der Waals surface area (Å²) in [5, 5.41) is 10.0. The number of nitrogens with one attached hydrogen (secondary N) is 3. The number of aromatic amines is 2. The fourth-order valence-corrected chi connectivity index (χ4v) is 5.39. The van der Waals surface area contributed by atoms with Crippen molar-refractivity contribution in [3.63, 3.8) is 0 Å². The molecule has 180 valence electrons. The molecule has 6 heteroatoms. The Morgan fingerprint density at radius 3 is 2.83 bits per heavy atom. The molecule has 0 fully saturated rings. The number of hydrogen-bond donors (Lipinski definition) is 4. The summed E-state index contributed by atoms with van der Waals surface area (Å²) in [6, 6.07) is 15.3. The molecule has 1 aliphatic rings. The number of hydroxylamine groups is 1. The van der Waals surface area contributed by atoms with Gasteiger partial charge in [0.15, 0.2) is 0 Å². The molecule has 1 aliphatic carbocycles. The van der Waals surface area contributed by atoms with Crippen molar-refractivity contribution >= 4 is 22.9 Å². The normalized spacial score (nSPS) is 15.4. The molecule has 1 amide bonds. The van der Waals surface area contributed by atoms with Gasteiger partial charge in [-0.2, -0.15) is 0 Å². The van der Waals surface area contributed by atoms with Crippen molar-refractivity contribution < 1.29 is 10.0 Å². The summed E-state index contributed by atoms with van der Waals surface area (Å²) >= 11 is 0. The molecule has 2 aromatic carbocycles. The van der Waals surface area contributed by atoms with Crippen LogP contribution in [0.2, 0.25) is 0 Å². The van der Waals surface area contributed by atoms with E-state index in [1.54, 1.807) is 11.6 Å². The number of aryl methyl sites for hydroxylation is 3. The maximum atomic E-state index is 11.4. The van der Waals surface area contributed by atoms with Gasteiger partial charge in [-0.1, -0.05) is 36.4 Å². The highest BCUT2D eigenvalue weighted by Gasteiger charge is 2.29. The zero-order valence-electron chi connectivity index (χ0n) is 20.3. The molecule has 35 heavy (non-hydrogen) atoms. The number of H-pyrrole nitrogens is 2. The van der Waals surface area contributed by atoms with E-state index in [0.717, 1.165) is 37.9 Å². The number of rotatable bonds is 8. The molecule has 0 saturated carbocycles. The minimum atomic E-state index is -0.524. The first-order valence-corrected chi connectivity index (χ1v) is 12.2. The lowest BCUT2D eigenvalue weighted by Gasteiger charge is -2.30. The maximum absolute atomic E-state index is 11.4. The zero-order chi connectivity index (χ0) is 24.4. The molecule has 0 radical (unpaired) electrons. The standard InChI is InChI=1S/C29H32N4O2/c1-19-16-30-20(2)26(19)18-33(14-13-23-17-31-27-6-4-3-5-24(23)27)28-11-9-22-15-21(7-10-25(22)28)8-12-29(34)32-35/h3-8,10,12,15-17,28,30-31,35H,9,11,13-14,18H2,1-2H3,(H,32,34)/b12-8+. The van der Waals surface area contributed by atoms with Crippen LogP contribution in [0.1, 0.15) is 51.5 Å². The predicted octanol–water partition coefficient (Wildman–Crippen LogP) is 5.36. The Bertz CT molecular complexity index is 1360. The highest BCUT2D eigenvalue weighted by Crippen LogP contribution is 2.38. The van der Waals surface area contributed by atoms with Crippen molar-refractivity contribution in [2.24, 2.45) is 0 Å². The molecule has 2 aromatic heterocycles. The van der Waals surface area contributed by atoms with Crippen molar-refractivity contribution in [3.8, 4) is 0 Å². The molecule has 4 N–H and O–H groups in total. The van der Waals surface area contributed by atoms with Crippen LogP contribution < -0.4 is 5.48 Å². The molecular formula is C29H32N4O2. The van der Waals surface area contributed by atoms with E-state index in [-0.39, 0.29) is 0 Å². The Labute approximate surface area is 205 Å². The van der Waals surface area contributed by atoms with Crippen molar-refractivity contribution in [1.82, 2.24) is 20.3 Å². The molecule has 0 saturated heterocycles. The molecule has 2 heterocycles. The van der Waals surface area contributed by atoms with Crippen LogP contribution in [0, 0.1) is 13.8 Å². The van der Waals surface area contributed by atoms with Crippen LogP contribution in [0.3, 0.4) is 0 Å². The van der Waals surface area contributed by atoms with Gasteiger partial charge >= 0.3 is 0 Å². The smallest absolute Gasteiger partial charge is 0.267 e. The summed E-state index contributed by atoms with van der Waals surface area (Å²) in [5.41, 5.74) is 11.8. The molecule has 0 aliphatic heterocycles. The number of carbonyl (C=O) groups is 1. The van der Waals surface area contributed by atoms with Gasteiger partial charge in [-0.15, -0.1) is 0 Å². The van der Waals surface area contributed by atoms with Crippen molar-refractivity contribution in [3.05, 3.63) is 100 Å². The van der Waals surface area contributed by atoms with E-state index >= 15 is 0 Å². The lowest BCUT2D eigenvalue weighted by atomic mass is 10.0. The van der Waals surface area contributed by atoms with Gasteiger partial charge in [-0.05, 0) is 78.6 Å². The number of nitrogens with zero attached hydrogens (tertiary/aromatic N) is 1. The first kappa shape index (κ1) is 23.1. The van der Waals surface area contributed by atoms with E-state index in [1.807, 2.05) is 0 Å². The third-order valence-corrected chi connectivity index (χ3v) is 7.33. The number of aromatic nitrogens is 2. The molecular weight excluding hydrogens is 436 g/mol. The van der Waals surface area contributed by atoms with Gasteiger partial charge in [0.25, 0.3) is 5.91 Å². The topological polar surface area (TPSA) is 84.2 Å². The molecule has 0 bridgehead atoms. The number of amides is 1. The number of fused-ring (bicyclic) bond motifs is 2. The minimum Gasteiger partial charge on any atom is -0.365 e. The Balaban J connectivity index is 1.41. The van der Waals surface area contributed by atoms with Gasteiger partial charge in [0, 0.05) is 54.2 Å². The molecule has 1 unspecified atom stereocenters. The van der Waals surface area contributed by atoms with Crippen LogP contribution in [0.15, 0.2) is 60.9 Å². The van der Waals surface area contributed by atoms with Crippen molar-refractivity contribution in [2.45, 2.75) is 45.7 Å². The number of para-hydroxylation sites is 1. The van der Waals surface area contributed by atoms with Crippen LogP contribution in [-0.4, -0.2) is 32.5 Å². The average molecular weight is 469 g/mol. The summed E-state index contributed by atoms with van der Waals surface area (Å²) in [7, 11) is 0. The van der Waals surface area contributed by atoms with Crippen LogP contribution in [0.4, 0.5) is 0 Å². The van der Waals surface area contributed by atoms with Crippen molar-refractivity contribution in [1.29, 1.82) is 0 Å². The lowest BCUT2D eigenvalue weighted by molar-refractivity contribution is -0.124. The van der Waals surface area contributed by atoms with Crippen LogP contribution in [0.25, 0.3) is 17.0 Å². The molecule has 6 nitrogen and oxygen atoms in total. The van der Waals surface area contributed by atoms with E-state index in [0.29, 0.717) is 6.04 Å². The van der Waals surface area contributed by atoms with Crippen LogP contribution >= 0.6 is 0 Å². The van der Waals surface area contributed by atoms with Gasteiger partial charge in [-0.3, -0.25) is 14.9 Å². The Morgan fingerprint density at radius 1 is 1.17 bits per heavy atom. The van der Waals surface area contributed by atoms with E-state index in [2.05, 4.69) is 83.6 Å². The summed E-state index contributed by atoms with van der Waals surface area (Å²) in [6.45, 7) is 6.21. The second-order valence-electron chi connectivity index (χ2n) is 9.48. The highest BCUT2D eigenvalue weighted by molar-refractivity contribution is 5.90. The maximum Gasteiger partial charge on any atom is 0.267 e. The fourth-order valence-electron chi connectivity index (χ4n) is 5.39. The third-order valence-electron chi connectivity index (χ3n) is 7.33. The van der Waals surface area contributed by atoms with Crippen molar-refractivity contribution in [2.75, 3.05) is 6.54 Å². The number of benzene rings is 2. The quantitative estimate of drug-likeness (QED) is 0.159. The van der Waals surface area contributed by atoms with E-state index < -0.39 is 5.91 Å². The molecule has 4 aromatic rings. The fraction of sp³-hybridized carbons (Fsp3) is 0.276. The summed E-state index contributed by atoms with van der Waals surface area (Å²) in [6.07, 6.45) is 10.4. The molecule has 5 rings (SSSR count). The van der Waals surface area contributed by atoms with Gasteiger partial charge in [0.05, 0.1) is 0 Å². The number of hydrogen-bond acceptors (Lipinski definition) is 3. The zero-order valence-corrected chi connectivity index (χ0v) is 20.3. The Kier molecular flexibility index (Phi) is 6.57. The van der Waals surface area contributed by atoms with E-state index in [4.69, 9.17) is 5.21 Å². The molecule has 1 atom stereocenters. The van der Waals surface area contributed by atoms with E-state index in [9.17, 15) is 4.79 Å². The SMILES string of the molecule is Cc1c[nH]c(C)c1CN(CCc1c[nH]c2ccccc12)C1CCc2cc(/C=C/C(=O)NO)ccc21. The first-order valence-electron chi connectivity index (χ1n) is 12.2. The van der Waals surface area contributed by atoms with Gasteiger partial charge in [-0.25, -0.2) is 5.48 Å². The second-order valence-corrected chi connectivity index (χ2v) is 9.48.